The van der Waals surface area contributed by atoms with E-state index in [0.717, 1.165) is 13.1 Å². The summed E-state index contributed by atoms with van der Waals surface area (Å²) in [6, 6.07) is 6.92. The second kappa shape index (κ2) is 6.93. The number of carbonyl (C=O) groups is 1. The normalized spacial score (nSPS) is 22.6. The zero-order chi connectivity index (χ0) is 15.4. The van der Waals surface area contributed by atoms with Crippen molar-refractivity contribution in [2.45, 2.75) is 20.3 Å². The highest BCUT2D eigenvalue weighted by molar-refractivity contribution is 6.32. The van der Waals surface area contributed by atoms with E-state index >= 15 is 0 Å². The molecule has 2 atom stereocenters. The number of likely N-dealkylation sites (tertiary alicyclic amines) is 1. The van der Waals surface area contributed by atoms with Crippen molar-refractivity contribution >= 4 is 23.2 Å². The van der Waals surface area contributed by atoms with Gasteiger partial charge in [-0.25, -0.2) is 0 Å². The number of carbonyl (C=O) groups excluding carboxylic acids is 1. The molecule has 0 bridgehead atoms. The van der Waals surface area contributed by atoms with Crippen LogP contribution in [0.1, 0.15) is 25.8 Å². The van der Waals surface area contributed by atoms with Crippen LogP contribution >= 0.6 is 11.6 Å². The molecule has 0 unspecified atom stereocenters. The number of hydrogen-bond acceptors (Lipinski definition) is 3. The Morgan fingerprint density at radius 2 is 2.10 bits per heavy atom. The first-order chi connectivity index (χ1) is 9.97. The first-order valence-corrected chi connectivity index (χ1v) is 7.57. The molecule has 1 amide bonds. The van der Waals surface area contributed by atoms with E-state index in [9.17, 15) is 4.79 Å². The van der Waals surface area contributed by atoms with Gasteiger partial charge in [0.1, 0.15) is 6.07 Å². The zero-order valence-corrected chi connectivity index (χ0v) is 13.2. The van der Waals surface area contributed by atoms with Gasteiger partial charge in [-0.05, 0) is 36.5 Å². The molecule has 1 aliphatic rings. The van der Waals surface area contributed by atoms with Crippen molar-refractivity contribution in [1.29, 1.82) is 5.26 Å². The van der Waals surface area contributed by atoms with Gasteiger partial charge in [-0.15, -0.1) is 0 Å². The maximum absolute atomic E-state index is 12.1. The van der Waals surface area contributed by atoms with Crippen LogP contribution in [0.15, 0.2) is 18.2 Å². The van der Waals surface area contributed by atoms with Gasteiger partial charge in [0.25, 0.3) is 0 Å². The SMILES string of the molecule is C[C@@H]1C[C@H](C)CN(CC(=O)Nc2ccc(C#N)c(Cl)c2)C1. The van der Waals surface area contributed by atoms with E-state index in [1.165, 1.54) is 6.42 Å². The predicted octanol–water partition coefficient (Wildman–Crippen LogP) is 3.13. The van der Waals surface area contributed by atoms with Crippen molar-refractivity contribution in [1.82, 2.24) is 4.90 Å². The number of rotatable bonds is 3. The second-order valence-corrected chi connectivity index (χ2v) is 6.40. The summed E-state index contributed by atoms with van der Waals surface area (Å²) >= 11 is 5.96. The number of nitriles is 1. The van der Waals surface area contributed by atoms with Crippen molar-refractivity contribution in [2.75, 3.05) is 25.0 Å². The first kappa shape index (κ1) is 15.8. The molecule has 1 N–H and O–H groups in total. The number of anilines is 1. The summed E-state index contributed by atoms with van der Waals surface area (Å²) in [5.41, 5.74) is 1.04. The molecule has 0 saturated carbocycles. The van der Waals surface area contributed by atoms with Crippen LogP contribution in [0.3, 0.4) is 0 Å². The lowest BCUT2D eigenvalue weighted by atomic mass is 9.92. The van der Waals surface area contributed by atoms with Crippen LogP contribution in [-0.2, 0) is 4.79 Å². The Morgan fingerprint density at radius 1 is 1.43 bits per heavy atom. The van der Waals surface area contributed by atoms with Gasteiger partial charge in [-0.3, -0.25) is 9.69 Å². The number of benzene rings is 1. The van der Waals surface area contributed by atoms with E-state index in [4.69, 9.17) is 16.9 Å². The van der Waals surface area contributed by atoms with E-state index < -0.39 is 0 Å². The Labute approximate surface area is 130 Å². The lowest BCUT2D eigenvalue weighted by Gasteiger charge is -2.34. The van der Waals surface area contributed by atoms with E-state index in [2.05, 4.69) is 24.1 Å². The maximum atomic E-state index is 12.1. The van der Waals surface area contributed by atoms with Crippen LogP contribution in [-0.4, -0.2) is 30.4 Å². The minimum Gasteiger partial charge on any atom is -0.325 e. The summed E-state index contributed by atoms with van der Waals surface area (Å²) in [7, 11) is 0. The fraction of sp³-hybridized carbons (Fsp3) is 0.500. The van der Waals surface area contributed by atoms with Crippen LogP contribution in [0, 0.1) is 23.2 Å². The third-order valence-electron chi connectivity index (χ3n) is 3.68. The number of nitrogens with one attached hydrogen (secondary N) is 1. The van der Waals surface area contributed by atoms with Gasteiger partial charge in [0.2, 0.25) is 5.91 Å². The van der Waals surface area contributed by atoms with Crippen LogP contribution in [0.25, 0.3) is 0 Å². The molecule has 1 aromatic rings. The molecule has 1 saturated heterocycles. The molecule has 1 fully saturated rings. The molecule has 4 nitrogen and oxygen atoms in total. The molecule has 21 heavy (non-hydrogen) atoms. The van der Waals surface area contributed by atoms with E-state index in [1.807, 2.05) is 6.07 Å². The van der Waals surface area contributed by atoms with Gasteiger partial charge in [-0.1, -0.05) is 25.4 Å². The van der Waals surface area contributed by atoms with Crippen LogP contribution in [0.2, 0.25) is 5.02 Å². The molecule has 1 aliphatic heterocycles. The molecule has 0 aliphatic carbocycles. The molecule has 2 rings (SSSR count). The van der Waals surface area contributed by atoms with Crippen molar-refractivity contribution in [3.05, 3.63) is 28.8 Å². The van der Waals surface area contributed by atoms with Crippen LogP contribution in [0.4, 0.5) is 5.69 Å². The largest absolute Gasteiger partial charge is 0.325 e. The number of halogens is 1. The Hall–Kier alpha value is -1.57. The highest BCUT2D eigenvalue weighted by Gasteiger charge is 2.23. The standard InChI is InChI=1S/C16H20ClN3O/c1-11-5-12(2)9-20(8-11)10-16(21)19-14-4-3-13(7-18)15(17)6-14/h3-4,6,11-12H,5,8-10H2,1-2H3,(H,19,21)/t11-,12+. The molecule has 5 heteroatoms. The smallest absolute Gasteiger partial charge is 0.238 e. The minimum absolute atomic E-state index is 0.0444. The maximum Gasteiger partial charge on any atom is 0.238 e. The summed E-state index contributed by atoms with van der Waals surface area (Å²) in [6.45, 7) is 6.77. The number of piperidine rings is 1. The summed E-state index contributed by atoms with van der Waals surface area (Å²) in [4.78, 5) is 14.3. The average molecular weight is 306 g/mol. The minimum atomic E-state index is -0.0444. The first-order valence-electron chi connectivity index (χ1n) is 7.19. The molecular formula is C16H20ClN3O. The second-order valence-electron chi connectivity index (χ2n) is 5.99. The lowest BCUT2D eigenvalue weighted by molar-refractivity contribution is -0.117. The van der Waals surface area contributed by atoms with E-state index in [0.29, 0.717) is 34.7 Å². The molecule has 1 heterocycles. The fourth-order valence-corrected chi connectivity index (χ4v) is 3.23. The van der Waals surface area contributed by atoms with E-state index in [-0.39, 0.29) is 5.91 Å². The lowest BCUT2D eigenvalue weighted by Crippen LogP contribution is -2.42. The van der Waals surface area contributed by atoms with Gasteiger partial charge in [-0.2, -0.15) is 5.26 Å². The predicted molar refractivity (Wildman–Crippen MR) is 84.2 cm³/mol. The number of hydrogen-bond donors (Lipinski definition) is 1. The van der Waals surface area contributed by atoms with E-state index in [1.54, 1.807) is 18.2 Å². The van der Waals surface area contributed by atoms with Crippen molar-refractivity contribution in [3.63, 3.8) is 0 Å². The van der Waals surface area contributed by atoms with Gasteiger partial charge in [0.05, 0.1) is 17.1 Å². The van der Waals surface area contributed by atoms with Crippen molar-refractivity contribution in [3.8, 4) is 6.07 Å². The summed E-state index contributed by atoms with van der Waals surface area (Å²) < 4.78 is 0. The monoisotopic (exact) mass is 305 g/mol. The van der Waals surface area contributed by atoms with Gasteiger partial charge in [0, 0.05) is 18.8 Å². The highest BCUT2D eigenvalue weighted by atomic mass is 35.5. The van der Waals surface area contributed by atoms with Crippen LogP contribution in [0.5, 0.6) is 0 Å². The molecule has 0 radical (unpaired) electrons. The van der Waals surface area contributed by atoms with Gasteiger partial charge in [0.15, 0.2) is 0 Å². The van der Waals surface area contributed by atoms with Gasteiger partial charge < -0.3 is 5.32 Å². The van der Waals surface area contributed by atoms with Crippen LogP contribution < -0.4 is 5.32 Å². The third kappa shape index (κ3) is 4.45. The average Bonchev–Trinajstić information content (AvgIpc) is 2.37. The molecule has 112 valence electrons. The Balaban J connectivity index is 1.93. The van der Waals surface area contributed by atoms with Crippen molar-refractivity contribution in [2.24, 2.45) is 11.8 Å². The summed E-state index contributed by atoms with van der Waals surface area (Å²) in [5.74, 6) is 1.22. The summed E-state index contributed by atoms with van der Waals surface area (Å²) in [5, 5.41) is 12.0. The zero-order valence-electron chi connectivity index (χ0n) is 12.4. The quantitative estimate of drug-likeness (QED) is 0.933. The number of nitrogens with zero attached hydrogens (tertiary/aromatic N) is 2. The molecular weight excluding hydrogens is 286 g/mol. The highest BCUT2D eigenvalue weighted by Crippen LogP contribution is 2.22. The number of amides is 1. The topological polar surface area (TPSA) is 56.1 Å². The Bertz CT molecular complexity index is 557. The third-order valence-corrected chi connectivity index (χ3v) is 4.00. The van der Waals surface area contributed by atoms with Gasteiger partial charge >= 0.3 is 0 Å². The fourth-order valence-electron chi connectivity index (χ4n) is 3.01. The molecule has 0 aromatic heterocycles. The molecule has 0 spiro atoms. The molecule has 1 aromatic carbocycles. The Morgan fingerprint density at radius 3 is 2.67 bits per heavy atom. The Kier molecular flexibility index (Phi) is 5.22. The summed E-state index contributed by atoms with van der Waals surface area (Å²) in [6.07, 6.45) is 1.23. The van der Waals surface area contributed by atoms with Crippen molar-refractivity contribution < 1.29 is 4.79 Å².